The summed E-state index contributed by atoms with van der Waals surface area (Å²) in [5.41, 5.74) is 2.20. The maximum atomic E-state index is 13.0. The Kier molecular flexibility index (Phi) is 7.45. The van der Waals surface area contributed by atoms with Gasteiger partial charge in [0.1, 0.15) is 15.3 Å². The zero-order chi connectivity index (χ0) is 24.4. The Balaban J connectivity index is 1.35. The third kappa shape index (κ3) is 5.06. The average molecular weight is 518 g/mol. The SMILES string of the molecule is COc1cc(N2C(=O)C[C@H](SC(=S)N3CCN(c4ccc(C(C)=O)cc4)CC3)C2=O)ccc1Cl. The molecule has 0 aromatic heterocycles. The molecule has 4 rings (SSSR count). The molecule has 7 nitrogen and oxygen atoms in total. The van der Waals surface area contributed by atoms with Crippen molar-refractivity contribution in [3.8, 4) is 5.75 Å². The largest absolute Gasteiger partial charge is 0.495 e. The highest BCUT2D eigenvalue weighted by atomic mass is 35.5. The van der Waals surface area contributed by atoms with E-state index < -0.39 is 5.25 Å². The first-order valence-corrected chi connectivity index (χ1v) is 12.5. The van der Waals surface area contributed by atoms with Crippen LogP contribution in [0.15, 0.2) is 42.5 Å². The van der Waals surface area contributed by atoms with E-state index in [2.05, 4.69) is 9.80 Å². The Morgan fingerprint density at radius 1 is 1.06 bits per heavy atom. The van der Waals surface area contributed by atoms with Crippen molar-refractivity contribution in [1.29, 1.82) is 0 Å². The van der Waals surface area contributed by atoms with Gasteiger partial charge in [-0.05, 0) is 43.3 Å². The summed E-state index contributed by atoms with van der Waals surface area (Å²) >= 11 is 13.0. The average Bonchev–Trinajstić information content (AvgIpc) is 3.12. The van der Waals surface area contributed by atoms with Gasteiger partial charge in [-0.3, -0.25) is 14.4 Å². The third-order valence-electron chi connectivity index (χ3n) is 5.92. The molecule has 0 unspecified atom stereocenters. The van der Waals surface area contributed by atoms with Crippen LogP contribution in [-0.2, 0) is 9.59 Å². The Morgan fingerprint density at radius 2 is 1.71 bits per heavy atom. The molecule has 0 saturated carbocycles. The van der Waals surface area contributed by atoms with Crippen LogP contribution >= 0.6 is 35.6 Å². The van der Waals surface area contributed by atoms with Gasteiger partial charge in [-0.25, -0.2) is 4.90 Å². The summed E-state index contributed by atoms with van der Waals surface area (Å²) in [4.78, 5) is 42.7. The maximum Gasteiger partial charge on any atom is 0.247 e. The predicted molar refractivity (Wildman–Crippen MR) is 139 cm³/mol. The molecule has 178 valence electrons. The fraction of sp³-hybridized carbons (Fsp3) is 0.333. The van der Waals surface area contributed by atoms with Crippen LogP contribution < -0.4 is 14.5 Å². The molecule has 2 aromatic rings. The number of nitrogens with zero attached hydrogens (tertiary/aromatic N) is 3. The van der Waals surface area contributed by atoms with Crippen LogP contribution in [0.1, 0.15) is 23.7 Å². The highest BCUT2D eigenvalue weighted by Crippen LogP contribution is 2.35. The Hall–Kier alpha value is -2.62. The first-order valence-electron chi connectivity index (χ1n) is 10.8. The monoisotopic (exact) mass is 517 g/mol. The van der Waals surface area contributed by atoms with Gasteiger partial charge < -0.3 is 14.5 Å². The van der Waals surface area contributed by atoms with Crippen molar-refractivity contribution >= 4 is 68.9 Å². The van der Waals surface area contributed by atoms with Gasteiger partial charge >= 0.3 is 0 Å². The van der Waals surface area contributed by atoms with Crippen LogP contribution in [0.25, 0.3) is 0 Å². The molecular weight excluding hydrogens is 494 g/mol. The summed E-state index contributed by atoms with van der Waals surface area (Å²) in [6.07, 6.45) is 0.0943. The number of Topliss-reactive ketones (excluding diaryl/α,β-unsaturated/α-hetero) is 1. The summed E-state index contributed by atoms with van der Waals surface area (Å²) < 4.78 is 5.83. The summed E-state index contributed by atoms with van der Waals surface area (Å²) in [6.45, 7) is 4.53. The summed E-state index contributed by atoms with van der Waals surface area (Å²) in [5, 5.41) is -0.148. The fourth-order valence-corrected chi connectivity index (χ4v) is 5.74. The predicted octanol–water partition coefficient (Wildman–Crippen LogP) is 4.02. The Bertz CT molecular complexity index is 1130. The summed E-state index contributed by atoms with van der Waals surface area (Å²) in [7, 11) is 1.48. The molecule has 10 heteroatoms. The Morgan fingerprint density at radius 3 is 2.32 bits per heavy atom. The number of methoxy groups -OCH3 is 1. The van der Waals surface area contributed by atoms with Crippen LogP contribution in [0.2, 0.25) is 5.02 Å². The number of imide groups is 1. The van der Waals surface area contributed by atoms with Crippen LogP contribution in [0.5, 0.6) is 5.75 Å². The molecule has 0 aliphatic carbocycles. The van der Waals surface area contributed by atoms with E-state index in [0.29, 0.717) is 39.4 Å². The lowest BCUT2D eigenvalue weighted by Gasteiger charge is -2.37. The van der Waals surface area contributed by atoms with Crippen LogP contribution in [0, 0.1) is 0 Å². The molecule has 2 fully saturated rings. The van der Waals surface area contributed by atoms with Crippen molar-refractivity contribution in [2.75, 3.05) is 43.1 Å². The molecule has 0 bridgehead atoms. The van der Waals surface area contributed by atoms with E-state index in [1.54, 1.807) is 25.1 Å². The lowest BCUT2D eigenvalue weighted by molar-refractivity contribution is -0.121. The van der Waals surface area contributed by atoms with Crippen molar-refractivity contribution in [2.24, 2.45) is 0 Å². The number of thioether (sulfide) groups is 1. The number of piperazine rings is 1. The molecule has 1 atom stereocenters. The number of carbonyl (C=O) groups is 3. The van der Waals surface area contributed by atoms with E-state index >= 15 is 0 Å². The van der Waals surface area contributed by atoms with Crippen molar-refractivity contribution in [1.82, 2.24) is 4.90 Å². The molecule has 0 N–H and O–H groups in total. The minimum atomic E-state index is -0.557. The summed E-state index contributed by atoms with van der Waals surface area (Å²) in [6, 6.07) is 12.4. The number of benzene rings is 2. The number of anilines is 2. The second kappa shape index (κ2) is 10.3. The second-order valence-corrected chi connectivity index (χ2v) is 10.3. The first-order chi connectivity index (χ1) is 16.3. The van der Waals surface area contributed by atoms with Gasteiger partial charge in [-0.15, -0.1) is 0 Å². The van der Waals surface area contributed by atoms with Crippen LogP contribution in [-0.4, -0.2) is 65.4 Å². The molecule has 0 spiro atoms. The second-order valence-electron chi connectivity index (χ2n) is 8.04. The van der Waals surface area contributed by atoms with Crippen LogP contribution in [0.4, 0.5) is 11.4 Å². The number of carbonyl (C=O) groups excluding carboxylic acids is 3. The van der Waals surface area contributed by atoms with Gasteiger partial charge in [0.2, 0.25) is 11.8 Å². The van der Waals surface area contributed by atoms with Gasteiger partial charge in [-0.2, -0.15) is 0 Å². The van der Waals surface area contributed by atoms with Crippen molar-refractivity contribution in [2.45, 2.75) is 18.6 Å². The number of ketones is 1. The molecule has 34 heavy (non-hydrogen) atoms. The molecule has 0 radical (unpaired) electrons. The zero-order valence-electron chi connectivity index (χ0n) is 18.8. The highest BCUT2D eigenvalue weighted by molar-refractivity contribution is 8.23. The highest BCUT2D eigenvalue weighted by Gasteiger charge is 2.41. The van der Waals surface area contributed by atoms with E-state index in [1.165, 1.54) is 23.8 Å². The van der Waals surface area contributed by atoms with Crippen molar-refractivity contribution in [3.63, 3.8) is 0 Å². The number of hydrogen-bond donors (Lipinski definition) is 0. The maximum absolute atomic E-state index is 13.0. The lowest BCUT2D eigenvalue weighted by atomic mass is 10.1. The van der Waals surface area contributed by atoms with Crippen molar-refractivity contribution < 1.29 is 19.1 Å². The van der Waals surface area contributed by atoms with Gasteiger partial charge in [-0.1, -0.05) is 35.6 Å². The zero-order valence-corrected chi connectivity index (χ0v) is 21.2. The first kappa shape index (κ1) is 24.5. The Labute approximate surface area is 213 Å². The number of thiocarbonyl (C=S) groups is 1. The molecular formula is C24H24ClN3O4S2. The minimum Gasteiger partial charge on any atom is -0.495 e. The van der Waals surface area contributed by atoms with Gasteiger partial charge in [0, 0.05) is 49.9 Å². The lowest BCUT2D eigenvalue weighted by Crippen LogP contribution is -2.48. The standard InChI is InChI=1S/C24H24ClN3O4S2/c1-15(29)16-3-5-17(6-4-16)26-9-11-27(12-10-26)24(33)34-21-14-22(30)28(23(21)31)18-7-8-19(25)20(13-18)32-2/h3-8,13,21H,9-12,14H2,1-2H3/t21-/m0/s1. The number of amides is 2. The molecule has 2 heterocycles. The van der Waals surface area contributed by atoms with Crippen molar-refractivity contribution in [3.05, 3.63) is 53.1 Å². The van der Waals surface area contributed by atoms with Crippen LogP contribution in [0.3, 0.4) is 0 Å². The molecule has 2 aromatic carbocycles. The number of halogens is 1. The molecule has 2 aliphatic rings. The van der Waals surface area contributed by atoms with Gasteiger partial charge in [0.05, 0.1) is 17.8 Å². The third-order valence-corrected chi connectivity index (χ3v) is 7.89. The topological polar surface area (TPSA) is 70.2 Å². The molecule has 2 aliphatic heterocycles. The van der Waals surface area contributed by atoms with E-state index in [-0.39, 0.29) is 24.0 Å². The molecule has 2 saturated heterocycles. The van der Waals surface area contributed by atoms with Gasteiger partial charge in [0.25, 0.3) is 0 Å². The molecule has 2 amide bonds. The van der Waals surface area contributed by atoms with E-state index in [9.17, 15) is 14.4 Å². The van der Waals surface area contributed by atoms with E-state index in [1.807, 2.05) is 24.3 Å². The van der Waals surface area contributed by atoms with E-state index in [4.69, 9.17) is 28.6 Å². The number of hydrogen-bond acceptors (Lipinski definition) is 7. The number of ether oxygens (including phenoxy) is 1. The fourth-order valence-electron chi connectivity index (χ4n) is 4.01. The number of rotatable bonds is 5. The van der Waals surface area contributed by atoms with Gasteiger partial charge in [0.15, 0.2) is 5.78 Å². The normalized spacial score (nSPS) is 18.4. The quantitative estimate of drug-likeness (QED) is 0.334. The smallest absolute Gasteiger partial charge is 0.247 e. The summed E-state index contributed by atoms with van der Waals surface area (Å²) in [5.74, 6) is -0.105. The minimum absolute atomic E-state index is 0.0486. The van der Waals surface area contributed by atoms with E-state index in [0.717, 1.165) is 18.8 Å².